The highest BCUT2D eigenvalue weighted by atomic mass is 16.4. The van der Waals surface area contributed by atoms with Crippen molar-refractivity contribution >= 4 is 17.4 Å². The van der Waals surface area contributed by atoms with Crippen molar-refractivity contribution in [1.82, 2.24) is 0 Å². The number of anilines is 1. The Balaban J connectivity index is 2.38. The van der Waals surface area contributed by atoms with Crippen LogP contribution >= 0.6 is 0 Å². The second-order valence-corrected chi connectivity index (χ2v) is 6.69. The molecule has 2 aromatic carbocycles. The van der Waals surface area contributed by atoms with Crippen molar-refractivity contribution in [3.05, 3.63) is 59.2 Å². The quantitative estimate of drug-likeness (QED) is 0.625. The molecule has 2 N–H and O–H groups in total. The van der Waals surface area contributed by atoms with Gasteiger partial charge in [0.05, 0.1) is 11.1 Å². The van der Waals surface area contributed by atoms with Crippen LogP contribution in [0, 0.1) is 0 Å². The Kier molecular flexibility index (Phi) is 6.99. The molecule has 2 aromatic rings. The van der Waals surface area contributed by atoms with Crippen LogP contribution in [0.2, 0.25) is 0 Å². The van der Waals surface area contributed by atoms with Crippen molar-refractivity contribution in [3.8, 4) is 5.75 Å². The second-order valence-electron chi connectivity index (χ2n) is 6.69. The van der Waals surface area contributed by atoms with Crippen LogP contribution in [0.3, 0.4) is 0 Å². The van der Waals surface area contributed by atoms with Crippen LogP contribution in [0.15, 0.2) is 42.5 Å². The van der Waals surface area contributed by atoms with Crippen LogP contribution < -0.4 is 4.90 Å². The van der Waals surface area contributed by atoms with Gasteiger partial charge in [0.25, 0.3) is 0 Å². The molecule has 5 nitrogen and oxygen atoms in total. The van der Waals surface area contributed by atoms with E-state index in [1.807, 2.05) is 6.07 Å². The molecule has 0 radical (unpaired) electrons. The van der Waals surface area contributed by atoms with E-state index in [0.717, 1.165) is 31.5 Å². The highest BCUT2D eigenvalue weighted by molar-refractivity contribution is 6.15. The molecule has 0 saturated heterocycles. The molecule has 0 spiro atoms. The zero-order valence-corrected chi connectivity index (χ0v) is 16.1. The first kappa shape index (κ1) is 20.5. The fourth-order valence-corrected chi connectivity index (χ4v) is 3.06. The zero-order valence-electron chi connectivity index (χ0n) is 16.1. The molecule has 0 bridgehead atoms. The number of phenolic OH excluding ortho intramolecular Hbond substituents is 1. The Bertz CT molecular complexity index is 816. The lowest BCUT2D eigenvalue weighted by Crippen LogP contribution is -2.33. The third kappa shape index (κ3) is 4.67. The summed E-state index contributed by atoms with van der Waals surface area (Å²) in [5.74, 6) is -1.80. The summed E-state index contributed by atoms with van der Waals surface area (Å²) in [5.41, 5.74) is 0.957. The molecule has 0 fully saturated rings. The summed E-state index contributed by atoms with van der Waals surface area (Å²) in [6, 6.07) is 11.3. The molecular formula is C22H27NO4. The summed E-state index contributed by atoms with van der Waals surface area (Å²) < 4.78 is 0. The first-order chi connectivity index (χ1) is 12.9. The van der Waals surface area contributed by atoms with E-state index in [0.29, 0.717) is 6.04 Å². The number of benzene rings is 2. The van der Waals surface area contributed by atoms with Crippen molar-refractivity contribution in [2.75, 3.05) is 11.4 Å². The van der Waals surface area contributed by atoms with Crippen LogP contribution in [0.25, 0.3) is 0 Å². The topological polar surface area (TPSA) is 77.8 Å². The number of phenols is 1. The summed E-state index contributed by atoms with van der Waals surface area (Å²) in [5, 5.41) is 19.8. The molecular weight excluding hydrogens is 342 g/mol. The Labute approximate surface area is 160 Å². The Morgan fingerprint density at radius 2 is 1.70 bits per heavy atom. The predicted octanol–water partition coefficient (Wildman–Crippen LogP) is 4.73. The molecule has 0 aliphatic rings. The van der Waals surface area contributed by atoms with Gasteiger partial charge in [0, 0.05) is 29.9 Å². The minimum absolute atomic E-state index is 0.0674. The molecule has 1 unspecified atom stereocenters. The largest absolute Gasteiger partial charge is 0.507 e. The van der Waals surface area contributed by atoms with Crippen molar-refractivity contribution in [1.29, 1.82) is 0 Å². The van der Waals surface area contributed by atoms with E-state index in [-0.39, 0.29) is 22.4 Å². The number of aromatic hydroxyl groups is 1. The van der Waals surface area contributed by atoms with Crippen LogP contribution in [-0.2, 0) is 0 Å². The number of nitrogens with zero attached hydrogens (tertiary/aromatic N) is 1. The molecule has 5 heteroatoms. The van der Waals surface area contributed by atoms with Gasteiger partial charge in [-0.25, -0.2) is 4.79 Å². The summed E-state index contributed by atoms with van der Waals surface area (Å²) in [6.45, 7) is 7.26. The number of ketones is 1. The zero-order chi connectivity index (χ0) is 20.0. The van der Waals surface area contributed by atoms with Crippen LogP contribution in [0.4, 0.5) is 5.69 Å². The van der Waals surface area contributed by atoms with Gasteiger partial charge in [0.2, 0.25) is 0 Å². The molecule has 2 rings (SSSR count). The molecule has 27 heavy (non-hydrogen) atoms. The number of carboxylic acid groups (broad SMARTS) is 1. The second kappa shape index (κ2) is 9.21. The summed E-state index contributed by atoms with van der Waals surface area (Å²) in [6.07, 6.45) is 3.08. The molecule has 0 heterocycles. The van der Waals surface area contributed by atoms with Crippen molar-refractivity contribution in [3.63, 3.8) is 0 Å². The lowest BCUT2D eigenvalue weighted by Gasteiger charge is -2.31. The van der Waals surface area contributed by atoms with E-state index in [4.69, 9.17) is 0 Å². The van der Waals surface area contributed by atoms with Gasteiger partial charge in [-0.1, -0.05) is 38.5 Å². The number of hydrogen-bond donors (Lipinski definition) is 2. The van der Waals surface area contributed by atoms with Gasteiger partial charge in [-0.3, -0.25) is 4.79 Å². The maximum absolute atomic E-state index is 12.8. The van der Waals surface area contributed by atoms with E-state index in [1.165, 1.54) is 12.1 Å². The SMILES string of the molecule is CCCCN(c1ccc(C(=O)c2ccccc2C(=O)O)c(O)c1)C(C)CC. The number of carbonyl (C=O) groups excluding carboxylic acids is 1. The molecule has 0 aromatic heterocycles. The molecule has 0 aliphatic heterocycles. The molecule has 0 saturated carbocycles. The average molecular weight is 369 g/mol. The van der Waals surface area contributed by atoms with Gasteiger partial charge in [-0.05, 0) is 38.0 Å². The Morgan fingerprint density at radius 3 is 2.26 bits per heavy atom. The third-order valence-electron chi connectivity index (χ3n) is 4.84. The van der Waals surface area contributed by atoms with E-state index < -0.39 is 11.8 Å². The van der Waals surface area contributed by atoms with Crippen molar-refractivity contribution in [2.24, 2.45) is 0 Å². The maximum Gasteiger partial charge on any atom is 0.336 e. The van der Waals surface area contributed by atoms with Gasteiger partial charge < -0.3 is 15.1 Å². The molecule has 0 amide bonds. The number of hydrogen-bond acceptors (Lipinski definition) is 4. The fourth-order valence-electron chi connectivity index (χ4n) is 3.06. The standard InChI is InChI=1S/C22H27NO4/c1-4-6-13-23(15(3)5-2)16-11-12-19(20(24)14-16)21(25)17-9-7-8-10-18(17)22(26)27/h7-12,14-15,24H,4-6,13H2,1-3H3,(H,26,27). The number of carboxylic acids is 1. The minimum atomic E-state index is -1.17. The molecule has 1 atom stereocenters. The number of rotatable bonds is 9. The molecule has 144 valence electrons. The Hall–Kier alpha value is -2.82. The van der Waals surface area contributed by atoms with Gasteiger partial charge in [0.1, 0.15) is 5.75 Å². The van der Waals surface area contributed by atoms with Crippen molar-refractivity contribution in [2.45, 2.75) is 46.1 Å². The van der Waals surface area contributed by atoms with E-state index >= 15 is 0 Å². The number of unbranched alkanes of at least 4 members (excludes halogenated alkanes) is 1. The van der Waals surface area contributed by atoms with Gasteiger partial charge in [0.15, 0.2) is 5.78 Å². The smallest absolute Gasteiger partial charge is 0.336 e. The number of carbonyl (C=O) groups is 2. The number of aromatic carboxylic acids is 1. The van der Waals surface area contributed by atoms with Gasteiger partial charge >= 0.3 is 5.97 Å². The first-order valence-electron chi connectivity index (χ1n) is 9.37. The lowest BCUT2D eigenvalue weighted by molar-refractivity contribution is 0.0692. The van der Waals surface area contributed by atoms with E-state index in [9.17, 15) is 19.8 Å². The normalized spacial score (nSPS) is 11.8. The van der Waals surface area contributed by atoms with Crippen molar-refractivity contribution < 1.29 is 19.8 Å². The van der Waals surface area contributed by atoms with Crippen LogP contribution in [0.5, 0.6) is 5.75 Å². The van der Waals surface area contributed by atoms with E-state index in [1.54, 1.807) is 24.3 Å². The van der Waals surface area contributed by atoms with Gasteiger partial charge in [-0.15, -0.1) is 0 Å². The minimum Gasteiger partial charge on any atom is -0.507 e. The molecule has 0 aliphatic carbocycles. The third-order valence-corrected chi connectivity index (χ3v) is 4.84. The average Bonchev–Trinajstić information content (AvgIpc) is 2.67. The summed E-state index contributed by atoms with van der Waals surface area (Å²) in [4.78, 5) is 26.4. The summed E-state index contributed by atoms with van der Waals surface area (Å²) in [7, 11) is 0. The highest BCUT2D eigenvalue weighted by Crippen LogP contribution is 2.29. The van der Waals surface area contributed by atoms with Gasteiger partial charge in [-0.2, -0.15) is 0 Å². The van der Waals surface area contributed by atoms with Crippen LogP contribution in [0.1, 0.15) is 66.3 Å². The fraction of sp³-hybridized carbons (Fsp3) is 0.364. The highest BCUT2D eigenvalue weighted by Gasteiger charge is 2.21. The Morgan fingerprint density at radius 1 is 1.04 bits per heavy atom. The monoisotopic (exact) mass is 369 g/mol. The maximum atomic E-state index is 12.8. The predicted molar refractivity (Wildman–Crippen MR) is 107 cm³/mol. The van der Waals surface area contributed by atoms with E-state index in [2.05, 4.69) is 25.7 Å². The lowest BCUT2D eigenvalue weighted by atomic mass is 9.97. The summed E-state index contributed by atoms with van der Waals surface area (Å²) >= 11 is 0. The van der Waals surface area contributed by atoms with Crippen LogP contribution in [-0.4, -0.2) is 34.6 Å². The first-order valence-corrected chi connectivity index (χ1v) is 9.37.